The maximum absolute atomic E-state index is 12.8. The Morgan fingerprint density at radius 1 is 1.16 bits per heavy atom. The molecule has 0 radical (unpaired) electrons. The van der Waals surface area contributed by atoms with Gasteiger partial charge in [0.2, 0.25) is 0 Å². The molecule has 31 heavy (non-hydrogen) atoms. The Balaban J connectivity index is 1.54. The zero-order valence-electron chi connectivity index (χ0n) is 18.0. The van der Waals surface area contributed by atoms with E-state index >= 15 is 0 Å². The van der Waals surface area contributed by atoms with E-state index in [0.29, 0.717) is 18.7 Å². The number of carbonyl (C=O) groups excluding carboxylic acids is 1. The van der Waals surface area contributed by atoms with E-state index in [1.807, 2.05) is 55.5 Å². The zero-order chi connectivity index (χ0) is 21.8. The lowest BCUT2D eigenvalue weighted by molar-refractivity contribution is 0.0934. The van der Waals surface area contributed by atoms with Crippen LogP contribution in [0.2, 0.25) is 0 Å². The number of H-pyrrole nitrogens is 1. The van der Waals surface area contributed by atoms with Crippen molar-refractivity contribution in [3.63, 3.8) is 0 Å². The number of hydrogen-bond acceptors (Lipinski definition) is 6. The molecule has 0 unspecified atom stereocenters. The molecule has 4 rings (SSSR count). The number of hydrogen-bond donors (Lipinski definition) is 2. The summed E-state index contributed by atoms with van der Waals surface area (Å²) in [4.78, 5) is 19.6. The Hall–Kier alpha value is -3.39. The van der Waals surface area contributed by atoms with Gasteiger partial charge in [0.25, 0.3) is 5.91 Å². The van der Waals surface area contributed by atoms with Gasteiger partial charge in [-0.15, -0.1) is 0 Å². The van der Waals surface area contributed by atoms with Gasteiger partial charge in [-0.25, -0.2) is 4.98 Å². The first kappa shape index (κ1) is 20.9. The number of nitrogens with one attached hydrogen (secondary N) is 2. The van der Waals surface area contributed by atoms with Crippen molar-refractivity contribution in [1.29, 1.82) is 0 Å². The monoisotopic (exact) mass is 421 g/mol. The molecule has 1 saturated heterocycles. The van der Waals surface area contributed by atoms with Crippen LogP contribution >= 0.6 is 0 Å². The molecule has 0 spiro atoms. The first-order chi connectivity index (χ1) is 15.1. The van der Waals surface area contributed by atoms with Gasteiger partial charge in [-0.2, -0.15) is 5.10 Å². The first-order valence-corrected chi connectivity index (χ1v) is 10.3. The van der Waals surface area contributed by atoms with Gasteiger partial charge in [0.1, 0.15) is 17.3 Å². The minimum atomic E-state index is -0.104. The molecule has 1 aliphatic rings. The lowest BCUT2D eigenvalue weighted by Crippen LogP contribution is -2.40. The highest BCUT2D eigenvalue weighted by Crippen LogP contribution is 2.30. The van der Waals surface area contributed by atoms with E-state index in [1.165, 1.54) is 0 Å². The Kier molecular flexibility index (Phi) is 6.18. The average Bonchev–Trinajstić information content (AvgIpc) is 3.40. The summed E-state index contributed by atoms with van der Waals surface area (Å²) in [6.07, 6.45) is 0. The van der Waals surface area contributed by atoms with Crippen LogP contribution in [0.4, 0.5) is 0 Å². The molecular weight excluding hydrogens is 394 g/mol. The smallest absolute Gasteiger partial charge is 0.251 e. The number of amides is 1. The average molecular weight is 422 g/mol. The lowest BCUT2D eigenvalue weighted by atomic mass is 10.0. The third kappa shape index (κ3) is 4.69. The number of likely N-dealkylation sites (tertiary alicyclic amines) is 1. The van der Waals surface area contributed by atoms with Gasteiger partial charge in [-0.1, -0.05) is 24.3 Å². The second kappa shape index (κ2) is 9.18. The molecule has 2 atom stereocenters. The molecule has 0 saturated carbocycles. The van der Waals surface area contributed by atoms with Crippen LogP contribution in [0.25, 0.3) is 0 Å². The Morgan fingerprint density at radius 2 is 1.97 bits per heavy atom. The first-order valence-electron chi connectivity index (χ1n) is 10.3. The third-order valence-electron chi connectivity index (χ3n) is 5.58. The molecular formula is C23H27N5O3. The molecule has 1 aliphatic heterocycles. The quantitative estimate of drug-likeness (QED) is 0.609. The zero-order valence-corrected chi connectivity index (χ0v) is 18.0. The van der Waals surface area contributed by atoms with Crippen LogP contribution < -0.4 is 14.8 Å². The fourth-order valence-electron chi connectivity index (χ4n) is 4.01. The van der Waals surface area contributed by atoms with Crippen molar-refractivity contribution in [2.45, 2.75) is 25.4 Å². The Labute approximate surface area is 181 Å². The number of aryl methyl sites for hydroxylation is 1. The van der Waals surface area contributed by atoms with Crippen LogP contribution in [0.1, 0.15) is 33.5 Å². The number of aromatic nitrogens is 3. The molecule has 8 heteroatoms. The van der Waals surface area contributed by atoms with Crippen LogP contribution in [-0.4, -0.2) is 59.3 Å². The number of aromatic amines is 1. The fraction of sp³-hybridized carbons (Fsp3) is 0.348. The molecule has 8 nitrogen and oxygen atoms in total. The predicted octanol–water partition coefficient (Wildman–Crippen LogP) is 2.53. The second-order valence-electron chi connectivity index (χ2n) is 7.70. The summed E-state index contributed by atoms with van der Waals surface area (Å²) in [5, 5.41) is 10.5. The van der Waals surface area contributed by atoms with E-state index in [1.54, 1.807) is 14.2 Å². The van der Waals surface area contributed by atoms with E-state index in [2.05, 4.69) is 25.4 Å². The topological polar surface area (TPSA) is 92.4 Å². The van der Waals surface area contributed by atoms with Gasteiger partial charge >= 0.3 is 0 Å². The molecule has 1 aromatic heterocycles. The molecule has 2 heterocycles. The van der Waals surface area contributed by atoms with E-state index in [0.717, 1.165) is 35.3 Å². The van der Waals surface area contributed by atoms with Crippen LogP contribution in [0, 0.1) is 6.92 Å². The molecule has 3 aromatic rings. The number of rotatable bonds is 7. The number of ether oxygens (including phenoxy) is 2. The second-order valence-corrected chi connectivity index (χ2v) is 7.70. The maximum atomic E-state index is 12.8. The van der Waals surface area contributed by atoms with Crippen LogP contribution in [0.15, 0.2) is 48.5 Å². The number of benzene rings is 2. The molecule has 0 bridgehead atoms. The van der Waals surface area contributed by atoms with Crippen molar-refractivity contribution < 1.29 is 14.3 Å². The highest BCUT2D eigenvalue weighted by molar-refractivity contribution is 5.94. The number of methoxy groups -OCH3 is 2. The standard InChI is InChI=1S/C23H27N5O3/c1-15-24-22(27-26-15)19-13-28(12-17-9-10-18(30-2)11-21(17)31-3)14-20(19)25-23(29)16-7-5-4-6-8-16/h4-11,19-20H,12-14H2,1-3H3,(H,25,29)(H,24,26,27)/t19-,20-/m1/s1. The van der Waals surface area contributed by atoms with Crippen LogP contribution in [0.5, 0.6) is 11.5 Å². The molecule has 1 amide bonds. The van der Waals surface area contributed by atoms with E-state index < -0.39 is 0 Å². The summed E-state index contributed by atoms with van der Waals surface area (Å²) >= 11 is 0. The SMILES string of the molecule is COc1ccc(CN2C[C@@H](NC(=O)c3ccccc3)[C@H](c3n[nH]c(C)n3)C2)c(OC)c1. The summed E-state index contributed by atoms with van der Waals surface area (Å²) in [5.41, 5.74) is 1.70. The van der Waals surface area contributed by atoms with Gasteiger partial charge in [0.15, 0.2) is 5.82 Å². The minimum absolute atomic E-state index is 0.0122. The summed E-state index contributed by atoms with van der Waals surface area (Å²) in [5.74, 6) is 2.91. The normalized spacial score (nSPS) is 18.7. The highest BCUT2D eigenvalue weighted by Gasteiger charge is 2.37. The van der Waals surface area contributed by atoms with Crippen molar-refractivity contribution >= 4 is 5.91 Å². The summed E-state index contributed by atoms with van der Waals surface area (Å²) in [6, 6.07) is 15.0. The third-order valence-corrected chi connectivity index (χ3v) is 5.58. The molecule has 2 N–H and O–H groups in total. The van der Waals surface area contributed by atoms with Crippen LogP contribution in [0.3, 0.4) is 0 Å². The van der Waals surface area contributed by atoms with Gasteiger partial charge in [0, 0.05) is 36.8 Å². The van der Waals surface area contributed by atoms with Crippen molar-refractivity contribution in [3.8, 4) is 11.5 Å². The molecule has 1 fully saturated rings. The van der Waals surface area contributed by atoms with Crippen molar-refractivity contribution in [2.75, 3.05) is 27.3 Å². The Bertz CT molecular complexity index is 1040. The van der Waals surface area contributed by atoms with E-state index in [9.17, 15) is 4.79 Å². The fourth-order valence-corrected chi connectivity index (χ4v) is 4.01. The minimum Gasteiger partial charge on any atom is -0.497 e. The summed E-state index contributed by atoms with van der Waals surface area (Å²) in [7, 11) is 3.29. The Morgan fingerprint density at radius 3 is 2.65 bits per heavy atom. The highest BCUT2D eigenvalue weighted by atomic mass is 16.5. The number of nitrogens with zero attached hydrogens (tertiary/aromatic N) is 3. The molecule has 2 aromatic carbocycles. The van der Waals surface area contributed by atoms with Crippen molar-refractivity contribution in [3.05, 3.63) is 71.3 Å². The largest absolute Gasteiger partial charge is 0.497 e. The van der Waals surface area contributed by atoms with Crippen molar-refractivity contribution in [2.24, 2.45) is 0 Å². The molecule has 162 valence electrons. The predicted molar refractivity (Wildman–Crippen MR) is 116 cm³/mol. The van der Waals surface area contributed by atoms with E-state index in [-0.39, 0.29) is 17.9 Å². The van der Waals surface area contributed by atoms with Crippen LogP contribution in [-0.2, 0) is 6.54 Å². The lowest BCUT2D eigenvalue weighted by Gasteiger charge is -2.19. The van der Waals surface area contributed by atoms with Gasteiger partial charge in [-0.3, -0.25) is 14.8 Å². The summed E-state index contributed by atoms with van der Waals surface area (Å²) in [6.45, 7) is 3.98. The number of carbonyl (C=O) groups is 1. The van der Waals surface area contributed by atoms with Gasteiger partial charge in [-0.05, 0) is 25.1 Å². The molecule has 0 aliphatic carbocycles. The maximum Gasteiger partial charge on any atom is 0.251 e. The van der Waals surface area contributed by atoms with E-state index in [4.69, 9.17) is 9.47 Å². The van der Waals surface area contributed by atoms with Crippen molar-refractivity contribution in [1.82, 2.24) is 25.4 Å². The van der Waals surface area contributed by atoms with Gasteiger partial charge in [0.05, 0.1) is 26.2 Å². The van der Waals surface area contributed by atoms with Gasteiger partial charge < -0.3 is 14.8 Å². The summed E-state index contributed by atoms with van der Waals surface area (Å²) < 4.78 is 10.9.